The van der Waals surface area contributed by atoms with Crippen molar-refractivity contribution < 1.29 is 13.5 Å². The molecule has 2 aromatic carbocycles. The van der Waals surface area contributed by atoms with Gasteiger partial charge in [-0.05, 0) is 29.8 Å². The molecule has 8 heteroatoms. The highest BCUT2D eigenvalue weighted by Crippen LogP contribution is 2.24. The number of ether oxygens (including phenoxy) is 1. The van der Waals surface area contributed by atoms with Crippen LogP contribution in [0, 0.1) is 0 Å². The van der Waals surface area contributed by atoms with E-state index in [0.29, 0.717) is 20.9 Å². The Morgan fingerprint density at radius 2 is 1.88 bits per heavy atom. The van der Waals surface area contributed by atoms with Gasteiger partial charge >= 0.3 is 6.61 Å². The van der Waals surface area contributed by atoms with Crippen LogP contribution >= 0.6 is 23.2 Å². The molecule has 3 rings (SSSR count). The Labute approximate surface area is 145 Å². The number of halogens is 4. The minimum atomic E-state index is -2.88. The van der Waals surface area contributed by atoms with Crippen molar-refractivity contribution in [2.24, 2.45) is 0 Å². The third kappa shape index (κ3) is 3.49. The average molecular weight is 371 g/mol. The van der Waals surface area contributed by atoms with Crippen molar-refractivity contribution in [3.63, 3.8) is 0 Å². The van der Waals surface area contributed by atoms with Crippen molar-refractivity contribution >= 4 is 34.1 Å². The van der Waals surface area contributed by atoms with Gasteiger partial charge in [0.1, 0.15) is 5.75 Å². The molecule has 0 atom stereocenters. The molecule has 0 aliphatic carbocycles. The third-order valence-electron chi connectivity index (χ3n) is 3.35. The van der Waals surface area contributed by atoms with Crippen LogP contribution in [0.25, 0.3) is 10.9 Å². The fourth-order valence-corrected chi connectivity index (χ4v) is 2.82. The lowest BCUT2D eigenvalue weighted by molar-refractivity contribution is -0.0498. The Balaban J connectivity index is 1.93. The van der Waals surface area contributed by atoms with E-state index in [1.165, 1.54) is 35.2 Å². The number of aromatic nitrogens is 2. The van der Waals surface area contributed by atoms with Gasteiger partial charge in [0.25, 0.3) is 5.56 Å². The average Bonchev–Trinajstić information content (AvgIpc) is 2.52. The SMILES string of the molecule is O=c1c2cc(Cl)cc(Cl)c2ncn1Cc1ccc(OC(F)F)cc1. The van der Waals surface area contributed by atoms with Crippen LogP contribution < -0.4 is 10.3 Å². The van der Waals surface area contributed by atoms with E-state index >= 15 is 0 Å². The second-order valence-corrected chi connectivity index (χ2v) is 5.83. The van der Waals surface area contributed by atoms with Gasteiger partial charge in [0.2, 0.25) is 0 Å². The first-order chi connectivity index (χ1) is 11.4. The normalized spacial score (nSPS) is 11.2. The molecule has 0 unspecified atom stereocenters. The zero-order valence-corrected chi connectivity index (χ0v) is 13.6. The molecular weight excluding hydrogens is 361 g/mol. The Bertz CT molecular complexity index is 943. The van der Waals surface area contributed by atoms with Gasteiger partial charge in [-0.1, -0.05) is 35.3 Å². The zero-order valence-electron chi connectivity index (χ0n) is 12.0. The monoisotopic (exact) mass is 370 g/mol. The topological polar surface area (TPSA) is 44.1 Å². The van der Waals surface area contributed by atoms with Crippen LogP contribution in [0.5, 0.6) is 5.75 Å². The van der Waals surface area contributed by atoms with Gasteiger partial charge in [-0.25, -0.2) is 4.98 Å². The van der Waals surface area contributed by atoms with Crippen LogP contribution in [0.2, 0.25) is 10.0 Å². The quantitative estimate of drug-likeness (QED) is 0.685. The molecule has 3 aromatic rings. The molecule has 0 bridgehead atoms. The maximum atomic E-state index is 12.5. The summed E-state index contributed by atoms with van der Waals surface area (Å²) in [7, 11) is 0. The van der Waals surface area contributed by atoms with Crippen molar-refractivity contribution in [3.8, 4) is 5.75 Å². The van der Waals surface area contributed by atoms with Gasteiger partial charge in [0.05, 0.1) is 28.8 Å². The Hall–Kier alpha value is -2.18. The Kier molecular flexibility index (Phi) is 4.69. The highest BCUT2D eigenvalue weighted by molar-refractivity contribution is 6.38. The molecule has 0 saturated heterocycles. The zero-order chi connectivity index (χ0) is 17.3. The molecule has 0 radical (unpaired) electrons. The van der Waals surface area contributed by atoms with Gasteiger partial charge in [-0.2, -0.15) is 8.78 Å². The first-order valence-corrected chi connectivity index (χ1v) is 7.57. The van der Waals surface area contributed by atoms with Crippen molar-refractivity contribution in [1.82, 2.24) is 9.55 Å². The summed E-state index contributed by atoms with van der Waals surface area (Å²) in [5.41, 5.74) is 0.813. The minimum absolute atomic E-state index is 0.0521. The standard InChI is InChI=1S/C16H10Cl2F2N2O2/c17-10-5-12-14(13(18)6-10)21-8-22(15(12)23)7-9-1-3-11(4-2-9)24-16(19)20/h1-6,8,16H,7H2. The summed E-state index contributed by atoms with van der Waals surface area (Å²) < 4.78 is 29.9. The highest BCUT2D eigenvalue weighted by atomic mass is 35.5. The number of alkyl halides is 2. The van der Waals surface area contributed by atoms with Gasteiger partial charge < -0.3 is 4.74 Å². The first-order valence-electron chi connectivity index (χ1n) is 6.82. The number of nitrogens with zero attached hydrogens (tertiary/aromatic N) is 2. The van der Waals surface area contributed by atoms with Gasteiger partial charge in [-0.3, -0.25) is 9.36 Å². The number of rotatable bonds is 4. The maximum absolute atomic E-state index is 12.5. The third-order valence-corrected chi connectivity index (χ3v) is 3.85. The van der Waals surface area contributed by atoms with Crippen molar-refractivity contribution in [2.75, 3.05) is 0 Å². The van der Waals surface area contributed by atoms with E-state index in [2.05, 4.69) is 9.72 Å². The van der Waals surface area contributed by atoms with Crippen molar-refractivity contribution in [1.29, 1.82) is 0 Å². The fraction of sp³-hybridized carbons (Fsp3) is 0.125. The molecule has 0 aliphatic rings. The summed E-state index contributed by atoms with van der Waals surface area (Å²) in [4.78, 5) is 16.7. The van der Waals surface area contributed by atoms with Crippen LogP contribution in [0.15, 0.2) is 47.5 Å². The molecule has 124 valence electrons. The van der Waals surface area contributed by atoms with E-state index in [1.807, 2.05) is 0 Å². The molecule has 0 amide bonds. The smallest absolute Gasteiger partial charge is 0.387 e. The summed E-state index contributed by atoms with van der Waals surface area (Å²) in [6.45, 7) is -2.65. The number of fused-ring (bicyclic) bond motifs is 1. The molecule has 0 aliphatic heterocycles. The van der Waals surface area contributed by atoms with E-state index < -0.39 is 6.61 Å². The predicted octanol–water partition coefficient (Wildman–Crippen LogP) is 4.35. The summed E-state index contributed by atoms with van der Waals surface area (Å²) in [6.07, 6.45) is 1.38. The predicted molar refractivity (Wildman–Crippen MR) is 88.2 cm³/mol. The van der Waals surface area contributed by atoms with Gasteiger partial charge in [-0.15, -0.1) is 0 Å². The van der Waals surface area contributed by atoms with Crippen LogP contribution in [-0.2, 0) is 6.54 Å². The van der Waals surface area contributed by atoms with E-state index in [-0.39, 0.29) is 17.9 Å². The second kappa shape index (κ2) is 6.75. The van der Waals surface area contributed by atoms with E-state index in [0.717, 1.165) is 5.56 Å². The molecular formula is C16H10Cl2F2N2O2. The van der Waals surface area contributed by atoms with Crippen molar-refractivity contribution in [3.05, 3.63) is 68.7 Å². The van der Waals surface area contributed by atoms with Crippen molar-refractivity contribution in [2.45, 2.75) is 13.2 Å². The summed E-state index contributed by atoms with van der Waals surface area (Å²) in [6, 6.07) is 9.04. The first kappa shape index (κ1) is 16.7. The Morgan fingerprint density at radius 3 is 2.54 bits per heavy atom. The molecule has 4 nitrogen and oxygen atoms in total. The van der Waals surface area contributed by atoms with Gasteiger partial charge in [0, 0.05) is 5.02 Å². The van der Waals surface area contributed by atoms with Crippen LogP contribution in [-0.4, -0.2) is 16.2 Å². The van der Waals surface area contributed by atoms with Gasteiger partial charge in [0.15, 0.2) is 0 Å². The summed E-state index contributed by atoms with van der Waals surface area (Å²) in [5, 5.41) is 0.959. The minimum Gasteiger partial charge on any atom is -0.435 e. The summed E-state index contributed by atoms with van der Waals surface area (Å²) >= 11 is 12.0. The molecule has 1 heterocycles. The van der Waals surface area contributed by atoms with E-state index in [9.17, 15) is 13.6 Å². The lowest BCUT2D eigenvalue weighted by Gasteiger charge is -2.09. The second-order valence-electron chi connectivity index (χ2n) is 4.98. The number of hydrogen-bond acceptors (Lipinski definition) is 3. The van der Waals surface area contributed by atoms with E-state index in [1.54, 1.807) is 12.1 Å². The number of hydrogen-bond donors (Lipinski definition) is 0. The molecule has 0 fully saturated rings. The lowest BCUT2D eigenvalue weighted by atomic mass is 10.2. The fourth-order valence-electron chi connectivity index (χ4n) is 2.28. The summed E-state index contributed by atoms with van der Waals surface area (Å²) in [5.74, 6) is 0.0521. The molecule has 24 heavy (non-hydrogen) atoms. The van der Waals surface area contributed by atoms with Crippen LogP contribution in [0.1, 0.15) is 5.56 Å². The Morgan fingerprint density at radius 1 is 1.17 bits per heavy atom. The molecule has 0 saturated carbocycles. The number of benzene rings is 2. The van der Waals surface area contributed by atoms with Crippen LogP contribution in [0.3, 0.4) is 0 Å². The molecule has 0 N–H and O–H groups in total. The van der Waals surface area contributed by atoms with E-state index in [4.69, 9.17) is 23.2 Å². The highest BCUT2D eigenvalue weighted by Gasteiger charge is 2.10. The molecule has 0 spiro atoms. The maximum Gasteiger partial charge on any atom is 0.387 e. The molecule has 1 aromatic heterocycles. The van der Waals surface area contributed by atoms with Crippen LogP contribution in [0.4, 0.5) is 8.78 Å². The lowest BCUT2D eigenvalue weighted by Crippen LogP contribution is -2.21. The largest absolute Gasteiger partial charge is 0.435 e.